The maximum atomic E-state index is 11.5. The molecule has 0 bridgehead atoms. The molecule has 2 aromatic rings. The van der Waals surface area contributed by atoms with E-state index in [4.69, 9.17) is 4.74 Å². The molecule has 0 saturated heterocycles. The van der Waals surface area contributed by atoms with Gasteiger partial charge in [-0.2, -0.15) is 4.80 Å². The van der Waals surface area contributed by atoms with Crippen molar-refractivity contribution in [2.24, 2.45) is 0 Å². The molecule has 0 aliphatic carbocycles. The maximum absolute atomic E-state index is 11.5. The van der Waals surface area contributed by atoms with Crippen LogP contribution in [0.5, 0.6) is 5.75 Å². The number of benzene rings is 1. The van der Waals surface area contributed by atoms with Gasteiger partial charge in [-0.1, -0.05) is 18.2 Å². The van der Waals surface area contributed by atoms with E-state index in [9.17, 15) is 4.79 Å². The standard InChI is InChI=1S/C13H15N5O2/c1-3-7-14-12(19)9-18-16-13(15-17-18)10-5-4-6-11(8-10)20-2/h3-6,8H,1,7,9H2,2H3,(H,14,19). The van der Waals surface area contributed by atoms with E-state index in [1.54, 1.807) is 19.3 Å². The second kappa shape index (κ2) is 6.46. The van der Waals surface area contributed by atoms with Crippen LogP contribution in [0.4, 0.5) is 0 Å². The molecule has 20 heavy (non-hydrogen) atoms. The summed E-state index contributed by atoms with van der Waals surface area (Å²) in [7, 11) is 1.59. The number of carbonyl (C=O) groups is 1. The van der Waals surface area contributed by atoms with Crippen molar-refractivity contribution < 1.29 is 9.53 Å². The number of hydrogen-bond donors (Lipinski definition) is 1. The first-order chi connectivity index (χ1) is 9.72. The number of hydrogen-bond acceptors (Lipinski definition) is 5. The lowest BCUT2D eigenvalue weighted by molar-refractivity contribution is -0.121. The quantitative estimate of drug-likeness (QED) is 0.781. The molecule has 0 spiro atoms. The van der Waals surface area contributed by atoms with Crippen LogP contribution in [-0.2, 0) is 11.3 Å². The monoisotopic (exact) mass is 273 g/mol. The van der Waals surface area contributed by atoms with Crippen LogP contribution in [-0.4, -0.2) is 39.8 Å². The summed E-state index contributed by atoms with van der Waals surface area (Å²) in [6.45, 7) is 3.95. The van der Waals surface area contributed by atoms with Gasteiger partial charge in [0.25, 0.3) is 0 Å². The predicted octanol–water partition coefficient (Wildman–Crippen LogP) is 0.651. The Kier molecular flexibility index (Phi) is 4.43. The average molecular weight is 273 g/mol. The highest BCUT2D eigenvalue weighted by Gasteiger charge is 2.09. The van der Waals surface area contributed by atoms with Crippen molar-refractivity contribution in [3.63, 3.8) is 0 Å². The molecule has 7 nitrogen and oxygen atoms in total. The van der Waals surface area contributed by atoms with Gasteiger partial charge in [0, 0.05) is 12.1 Å². The van der Waals surface area contributed by atoms with Crippen molar-refractivity contribution in [2.45, 2.75) is 6.54 Å². The summed E-state index contributed by atoms with van der Waals surface area (Å²) in [6, 6.07) is 7.32. The third kappa shape index (κ3) is 3.41. The van der Waals surface area contributed by atoms with Crippen LogP contribution in [0.1, 0.15) is 0 Å². The molecule has 1 heterocycles. The zero-order chi connectivity index (χ0) is 14.4. The predicted molar refractivity (Wildman–Crippen MR) is 73.0 cm³/mol. The fourth-order valence-corrected chi connectivity index (χ4v) is 1.56. The van der Waals surface area contributed by atoms with Crippen molar-refractivity contribution in [2.75, 3.05) is 13.7 Å². The van der Waals surface area contributed by atoms with Crippen molar-refractivity contribution in [3.8, 4) is 17.1 Å². The van der Waals surface area contributed by atoms with E-state index in [0.717, 1.165) is 5.56 Å². The van der Waals surface area contributed by atoms with E-state index in [1.165, 1.54) is 4.80 Å². The number of nitrogens with zero attached hydrogens (tertiary/aromatic N) is 4. The van der Waals surface area contributed by atoms with Crippen molar-refractivity contribution in [1.82, 2.24) is 25.5 Å². The molecule has 0 saturated carbocycles. The van der Waals surface area contributed by atoms with Crippen LogP contribution < -0.4 is 10.1 Å². The first-order valence-corrected chi connectivity index (χ1v) is 6.02. The Balaban J connectivity index is 2.08. The number of rotatable bonds is 6. The Morgan fingerprint density at radius 2 is 2.40 bits per heavy atom. The summed E-state index contributed by atoms with van der Waals surface area (Å²) >= 11 is 0. The van der Waals surface area contributed by atoms with Gasteiger partial charge in [-0.15, -0.1) is 16.8 Å². The lowest BCUT2D eigenvalue weighted by Crippen LogP contribution is -2.28. The Bertz CT molecular complexity index is 608. The minimum atomic E-state index is -0.195. The van der Waals surface area contributed by atoms with E-state index in [0.29, 0.717) is 18.1 Å². The molecule has 1 amide bonds. The minimum absolute atomic E-state index is 0.0187. The summed E-state index contributed by atoms with van der Waals surface area (Å²) in [5.41, 5.74) is 0.780. The van der Waals surface area contributed by atoms with Crippen LogP contribution in [0.25, 0.3) is 11.4 Å². The first-order valence-electron chi connectivity index (χ1n) is 6.02. The van der Waals surface area contributed by atoms with E-state index in [1.807, 2.05) is 18.2 Å². The topological polar surface area (TPSA) is 81.9 Å². The third-order valence-corrected chi connectivity index (χ3v) is 2.51. The number of aromatic nitrogens is 4. The zero-order valence-corrected chi connectivity index (χ0v) is 11.1. The lowest BCUT2D eigenvalue weighted by Gasteiger charge is -2.01. The molecular weight excluding hydrogens is 258 g/mol. The second-order valence-electron chi connectivity index (χ2n) is 3.97. The van der Waals surface area contributed by atoms with Gasteiger partial charge in [-0.05, 0) is 17.3 Å². The Morgan fingerprint density at radius 1 is 1.55 bits per heavy atom. The highest BCUT2D eigenvalue weighted by atomic mass is 16.5. The lowest BCUT2D eigenvalue weighted by atomic mass is 10.2. The summed E-state index contributed by atoms with van der Waals surface area (Å²) in [6.07, 6.45) is 1.61. The van der Waals surface area contributed by atoms with Gasteiger partial charge in [0.15, 0.2) is 0 Å². The molecule has 0 fully saturated rings. The fourth-order valence-electron chi connectivity index (χ4n) is 1.56. The maximum Gasteiger partial charge on any atom is 0.243 e. The number of tetrazole rings is 1. The van der Waals surface area contributed by atoms with E-state index in [2.05, 4.69) is 27.3 Å². The van der Waals surface area contributed by atoms with Crippen LogP contribution in [0.2, 0.25) is 0 Å². The van der Waals surface area contributed by atoms with E-state index < -0.39 is 0 Å². The molecular formula is C13H15N5O2. The molecule has 0 aliphatic heterocycles. The van der Waals surface area contributed by atoms with Crippen molar-refractivity contribution in [1.29, 1.82) is 0 Å². The highest BCUT2D eigenvalue weighted by Crippen LogP contribution is 2.19. The molecule has 1 N–H and O–H groups in total. The zero-order valence-electron chi connectivity index (χ0n) is 11.1. The average Bonchev–Trinajstić information content (AvgIpc) is 2.93. The SMILES string of the molecule is C=CCNC(=O)Cn1nnc(-c2cccc(OC)c2)n1. The van der Waals surface area contributed by atoms with E-state index in [-0.39, 0.29) is 12.5 Å². The van der Waals surface area contributed by atoms with Gasteiger partial charge in [0.1, 0.15) is 12.3 Å². The van der Waals surface area contributed by atoms with Crippen LogP contribution in [0.3, 0.4) is 0 Å². The summed E-state index contributed by atoms with van der Waals surface area (Å²) in [4.78, 5) is 12.8. The van der Waals surface area contributed by atoms with Gasteiger partial charge < -0.3 is 10.1 Å². The summed E-state index contributed by atoms with van der Waals surface area (Å²) in [5.74, 6) is 0.961. The van der Waals surface area contributed by atoms with E-state index >= 15 is 0 Å². The normalized spacial score (nSPS) is 10.1. The third-order valence-electron chi connectivity index (χ3n) is 2.51. The Hall–Kier alpha value is -2.70. The minimum Gasteiger partial charge on any atom is -0.497 e. The highest BCUT2D eigenvalue weighted by molar-refractivity contribution is 5.75. The molecule has 0 aliphatic rings. The summed E-state index contributed by atoms with van der Waals surface area (Å²) < 4.78 is 5.14. The Morgan fingerprint density at radius 3 is 3.15 bits per heavy atom. The number of nitrogens with one attached hydrogen (secondary N) is 1. The smallest absolute Gasteiger partial charge is 0.243 e. The van der Waals surface area contributed by atoms with Crippen molar-refractivity contribution in [3.05, 3.63) is 36.9 Å². The number of carbonyl (C=O) groups excluding carboxylic acids is 1. The van der Waals surface area contributed by atoms with Crippen molar-refractivity contribution >= 4 is 5.91 Å². The number of ether oxygens (including phenoxy) is 1. The van der Waals surface area contributed by atoms with Crippen LogP contribution >= 0.6 is 0 Å². The van der Waals surface area contributed by atoms with Gasteiger partial charge >= 0.3 is 0 Å². The molecule has 0 atom stereocenters. The second-order valence-corrected chi connectivity index (χ2v) is 3.97. The molecule has 1 aromatic carbocycles. The van der Waals surface area contributed by atoms with Gasteiger partial charge in [-0.3, -0.25) is 4.79 Å². The molecule has 0 radical (unpaired) electrons. The molecule has 7 heteroatoms. The van der Waals surface area contributed by atoms with Crippen LogP contribution in [0, 0.1) is 0 Å². The van der Waals surface area contributed by atoms with Gasteiger partial charge in [-0.25, -0.2) is 0 Å². The number of amides is 1. The van der Waals surface area contributed by atoms with Gasteiger partial charge in [0.2, 0.25) is 11.7 Å². The summed E-state index contributed by atoms with van der Waals surface area (Å²) in [5, 5.41) is 14.6. The molecule has 104 valence electrons. The van der Waals surface area contributed by atoms with Crippen LogP contribution in [0.15, 0.2) is 36.9 Å². The molecule has 2 rings (SSSR count). The Labute approximate surface area is 116 Å². The first kappa shape index (κ1) is 13.7. The molecule has 0 unspecified atom stereocenters. The largest absolute Gasteiger partial charge is 0.497 e. The number of methoxy groups -OCH3 is 1. The van der Waals surface area contributed by atoms with Gasteiger partial charge in [0.05, 0.1) is 7.11 Å². The molecule has 1 aromatic heterocycles. The fraction of sp³-hybridized carbons (Fsp3) is 0.231.